The molecule has 0 radical (unpaired) electrons. The van der Waals surface area contributed by atoms with Crippen LogP contribution in [0.2, 0.25) is 0 Å². The number of hydrogen-bond donors (Lipinski definition) is 0. The van der Waals surface area contributed by atoms with Crippen LogP contribution >= 0.6 is 0 Å². The molecular weight excluding hydrogens is 346 g/mol. The highest BCUT2D eigenvalue weighted by atomic mass is 19.2. The van der Waals surface area contributed by atoms with Gasteiger partial charge in [0, 0.05) is 0 Å². The summed E-state index contributed by atoms with van der Waals surface area (Å²) in [5.41, 5.74) is 0. The molecule has 1 aromatic rings. The lowest BCUT2D eigenvalue weighted by atomic mass is 9.82. The molecule has 0 aliphatic heterocycles. The maximum Gasteiger partial charge on any atom is 0.204 e. The first-order chi connectivity index (χ1) is 13.2. The molecule has 152 valence electrons. The predicted molar refractivity (Wildman–Crippen MR) is 106 cm³/mol. The Bertz CT molecular complexity index is 578. The molecular formula is C23H34F2O2. The highest BCUT2D eigenvalue weighted by Gasteiger charge is 2.21. The van der Waals surface area contributed by atoms with E-state index in [9.17, 15) is 8.78 Å². The summed E-state index contributed by atoms with van der Waals surface area (Å²) in [6.07, 6.45) is 15.6. The van der Waals surface area contributed by atoms with Crippen molar-refractivity contribution < 1.29 is 18.3 Å². The van der Waals surface area contributed by atoms with Gasteiger partial charge in [-0.1, -0.05) is 38.3 Å². The number of unbranched alkanes of at least 4 members (excludes halogenated alkanes) is 4. The van der Waals surface area contributed by atoms with Crippen LogP contribution in [0.25, 0.3) is 0 Å². The van der Waals surface area contributed by atoms with Crippen molar-refractivity contribution in [2.75, 3.05) is 13.2 Å². The van der Waals surface area contributed by atoms with Crippen LogP contribution in [0, 0.1) is 23.5 Å². The summed E-state index contributed by atoms with van der Waals surface area (Å²) in [6.45, 7) is 4.71. The van der Waals surface area contributed by atoms with E-state index in [0.29, 0.717) is 25.0 Å². The molecule has 0 bridgehead atoms. The summed E-state index contributed by atoms with van der Waals surface area (Å²) in [4.78, 5) is 0. The lowest BCUT2D eigenvalue weighted by molar-refractivity contribution is 0.187. The Morgan fingerprint density at radius 2 is 1.59 bits per heavy atom. The molecule has 1 fully saturated rings. The van der Waals surface area contributed by atoms with Gasteiger partial charge in [0.05, 0.1) is 13.2 Å². The van der Waals surface area contributed by atoms with Crippen molar-refractivity contribution >= 4 is 0 Å². The smallest absolute Gasteiger partial charge is 0.204 e. The van der Waals surface area contributed by atoms with E-state index in [1.165, 1.54) is 44.2 Å². The van der Waals surface area contributed by atoms with Crippen LogP contribution in [0.1, 0.15) is 71.6 Å². The van der Waals surface area contributed by atoms with Crippen LogP contribution in [0.5, 0.6) is 11.5 Å². The largest absolute Gasteiger partial charge is 0.491 e. The monoisotopic (exact) mass is 380 g/mol. The number of allylic oxidation sites excluding steroid dienone is 2. The summed E-state index contributed by atoms with van der Waals surface area (Å²) in [6, 6.07) is 2.88. The van der Waals surface area contributed by atoms with Gasteiger partial charge in [-0.25, -0.2) is 0 Å². The third-order valence-electron chi connectivity index (χ3n) is 5.31. The van der Waals surface area contributed by atoms with Gasteiger partial charge in [0.2, 0.25) is 11.6 Å². The molecule has 1 saturated carbocycles. The van der Waals surface area contributed by atoms with E-state index >= 15 is 0 Å². The van der Waals surface area contributed by atoms with Gasteiger partial charge in [0.15, 0.2) is 11.5 Å². The Kier molecular flexibility index (Phi) is 9.65. The predicted octanol–water partition coefficient (Wildman–Crippen LogP) is 7.08. The average Bonchev–Trinajstić information content (AvgIpc) is 2.69. The van der Waals surface area contributed by atoms with E-state index in [4.69, 9.17) is 9.47 Å². The molecule has 2 rings (SSSR count). The Morgan fingerprint density at radius 1 is 0.926 bits per heavy atom. The lowest BCUT2D eigenvalue weighted by Crippen LogP contribution is -2.19. The summed E-state index contributed by atoms with van der Waals surface area (Å²) in [5.74, 6) is -0.947. The van der Waals surface area contributed by atoms with Gasteiger partial charge in [0.1, 0.15) is 0 Å². The SMILES string of the molecule is CCCCCC/C=C/C1CCC(COc2ccc(OCC)c(F)c2F)CC1. The first-order valence-electron chi connectivity index (χ1n) is 10.6. The van der Waals surface area contributed by atoms with Crippen LogP contribution in [-0.4, -0.2) is 13.2 Å². The molecule has 1 aliphatic rings. The number of benzene rings is 1. The third kappa shape index (κ3) is 7.15. The lowest BCUT2D eigenvalue weighted by Gasteiger charge is -2.26. The maximum atomic E-state index is 14.1. The molecule has 0 heterocycles. The Hall–Kier alpha value is -1.58. The highest BCUT2D eigenvalue weighted by Crippen LogP contribution is 2.32. The molecule has 1 aromatic carbocycles. The van der Waals surface area contributed by atoms with Gasteiger partial charge in [-0.05, 0) is 69.4 Å². The molecule has 4 heteroatoms. The topological polar surface area (TPSA) is 18.5 Å². The Balaban J connectivity index is 1.70. The molecule has 27 heavy (non-hydrogen) atoms. The Labute approximate surface area is 162 Å². The van der Waals surface area contributed by atoms with Gasteiger partial charge >= 0.3 is 0 Å². The zero-order valence-electron chi connectivity index (χ0n) is 16.8. The van der Waals surface area contributed by atoms with Gasteiger partial charge < -0.3 is 9.47 Å². The minimum atomic E-state index is -0.970. The second-order valence-electron chi connectivity index (χ2n) is 7.49. The fourth-order valence-corrected chi connectivity index (χ4v) is 3.63. The van der Waals surface area contributed by atoms with Crippen molar-refractivity contribution in [3.63, 3.8) is 0 Å². The molecule has 0 saturated heterocycles. The van der Waals surface area contributed by atoms with Gasteiger partial charge in [-0.15, -0.1) is 0 Å². The molecule has 0 unspecified atom stereocenters. The van der Waals surface area contributed by atoms with E-state index < -0.39 is 11.6 Å². The van der Waals surface area contributed by atoms with Crippen LogP contribution in [0.3, 0.4) is 0 Å². The zero-order chi connectivity index (χ0) is 19.5. The fourth-order valence-electron chi connectivity index (χ4n) is 3.63. The molecule has 0 N–H and O–H groups in total. The zero-order valence-corrected chi connectivity index (χ0v) is 16.8. The highest BCUT2D eigenvalue weighted by molar-refractivity contribution is 5.35. The Morgan fingerprint density at radius 3 is 2.22 bits per heavy atom. The van der Waals surface area contributed by atoms with E-state index in [-0.39, 0.29) is 11.5 Å². The van der Waals surface area contributed by atoms with Crippen LogP contribution in [0.15, 0.2) is 24.3 Å². The van der Waals surface area contributed by atoms with Crippen LogP contribution < -0.4 is 9.47 Å². The van der Waals surface area contributed by atoms with Crippen molar-refractivity contribution in [2.24, 2.45) is 11.8 Å². The molecule has 2 nitrogen and oxygen atoms in total. The average molecular weight is 381 g/mol. The molecule has 0 amide bonds. The van der Waals surface area contributed by atoms with E-state index in [2.05, 4.69) is 19.1 Å². The number of halogens is 2. The summed E-state index contributed by atoms with van der Waals surface area (Å²) >= 11 is 0. The molecule has 0 aromatic heterocycles. The molecule has 0 spiro atoms. The van der Waals surface area contributed by atoms with Crippen molar-refractivity contribution in [3.8, 4) is 11.5 Å². The van der Waals surface area contributed by atoms with Gasteiger partial charge in [-0.2, -0.15) is 8.78 Å². The van der Waals surface area contributed by atoms with E-state index in [1.54, 1.807) is 6.92 Å². The first kappa shape index (κ1) is 21.7. The standard InChI is InChI=1S/C23H34F2O2/c1-3-5-6-7-8-9-10-18-11-13-19(14-12-18)17-27-21-16-15-20(26-4-2)22(24)23(21)25/h9-10,15-16,18-19H,3-8,11-14,17H2,1-2H3/b10-9+. The number of rotatable bonds is 11. The maximum absolute atomic E-state index is 14.1. The van der Waals surface area contributed by atoms with Crippen LogP contribution in [-0.2, 0) is 0 Å². The summed E-state index contributed by atoms with van der Waals surface area (Å²) in [7, 11) is 0. The van der Waals surface area contributed by atoms with Gasteiger partial charge in [0.25, 0.3) is 0 Å². The second-order valence-corrected chi connectivity index (χ2v) is 7.49. The quantitative estimate of drug-likeness (QED) is 0.302. The number of ether oxygens (including phenoxy) is 2. The van der Waals surface area contributed by atoms with Crippen molar-refractivity contribution in [1.82, 2.24) is 0 Å². The third-order valence-corrected chi connectivity index (χ3v) is 5.31. The van der Waals surface area contributed by atoms with E-state index in [1.807, 2.05) is 0 Å². The van der Waals surface area contributed by atoms with Gasteiger partial charge in [-0.3, -0.25) is 0 Å². The second kappa shape index (κ2) is 12.0. The normalized spacial score (nSPS) is 20.1. The molecule has 1 aliphatic carbocycles. The van der Waals surface area contributed by atoms with Crippen LogP contribution in [0.4, 0.5) is 8.78 Å². The number of hydrogen-bond acceptors (Lipinski definition) is 2. The molecule has 0 atom stereocenters. The fraction of sp³-hybridized carbons (Fsp3) is 0.652. The summed E-state index contributed by atoms with van der Waals surface area (Å²) < 4.78 is 38.6. The summed E-state index contributed by atoms with van der Waals surface area (Å²) in [5, 5.41) is 0. The van der Waals surface area contributed by atoms with Crippen molar-refractivity contribution in [3.05, 3.63) is 35.9 Å². The van der Waals surface area contributed by atoms with Crippen molar-refractivity contribution in [1.29, 1.82) is 0 Å². The van der Waals surface area contributed by atoms with E-state index in [0.717, 1.165) is 25.7 Å². The first-order valence-corrected chi connectivity index (χ1v) is 10.6. The minimum absolute atomic E-state index is 0.0231. The van der Waals surface area contributed by atoms with Crippen molar-refractivity contribution in [2.45, 2.75) is 71.6 Å². The minimum Gasteiger partial charge on any atom is -0.491 e.